The fraction of sp³-hybridized carbons (Fsp3) is 0.250. The predicted molar refractivity (Wildman–Crippen MR) is 94.8 cm³/mol. The van der Waals surface area contributed by atoms with Crippen molar-refractivity contribution in [1.29, 1.82) is 5.26 Å². The second kappa shape index (κ2) is 6.19. The minimum atomic E-state index is -0.920. The van der Waals surface area contributed by atoms with Crippen molar-refractivity contribution in [3.63, 3.8) is 0 Å². The van der Waals surface area contributed by atoms with Gasteiger partial charge < -0.3 is 15.4 Å². The third kappa shape index (κ3) is 2.88. The number of nitrogens with one attached hydrogen (secondary N) is 2. The Balaban J connectivity index is 1.56. The van der Waals surface area contributed by atoms with Crippen LogP contribution in [0.1, 0.15) is 27.9 Å². The average Bonchev–Trinajstić information content (AvgIpc) is 2.67. The van der Waals surface area contributed by atoms with Crippen LogP contribution in [0.3, 0.4) is 0 Å². The number of rotatable bonds is 2. The highest BCUT2D eigenvalue weighted by Crippen LogP contribution is 2.31. The molecule has 0 saturated heterocycles. The summed E-state index contributed by atoms with van der Waals surface area (Å²) in [4.78, 5) is 24.1. The van der Waals surface area contributed by atoms with Gasteiger partial charge in [0.25, 0.3) is 11.8 Å². The molecule has 1 aliphatic carbocycles. The maximum Gasteiger partial charge on any atom is 0.262 e. The van der Waals surface area contributed by atoms with Gasteiger partial charge in [-0.3, -0.25) is 9.59 Å². The van der Waals surface area contributed by atoms with Crippen molar-refractivity contribution < 1.29 is 14.3 Å². The molecule has 0 spiro atoms. The quantitative estimate of drug-likeness (QED) is 0.871. The van der Waals surface area contributed by atoms with Crippen LogP contribution in [0.15, 0.2) is 42.5 Å². The molecule has 0 unspecified atom stereocenters. The van der Waals surface area contributed by atoms with Gasteiger partial charge in [0.05, 0.1) is 11.8 Å². The maximum absolute atomic E-state index is 12.7. The Hall–Kier alpha value is -3.33. The first-order valence-electron chi connectivity index (χ1n) is 8.46. The normalized spacial score (nSPS) is 20.7. The highest BCUT2D eigenvalue weighted by Gasteiger charge is 2.36. The van der Waals surface area contributed by atoms with Crippen LogP contribution >= 0.6 is 0 Å². The fourth-order valence-electron chi connectivity index (χ4n) is 3.47. The van der Waals surface area contributed by atoms with E-state index in [1.54, 1.807) is 18.2 Å². The summed E-state index contributed by atoms with van der Waals surface area (Å²) >= 11 is 0. The average molecular weight is 347 g/mol. The monoisotopic (exact) mass is 347 g/mol. The van der Waals surface area contributed by atoms with Gasteiger partial charge in [0.2, 0.25) is 0 Å². The third-order valence-electron chi connectivity index (χ3n) is 4.88. The van der Waals surface area contributed by atoms with Crippen LogP contribution in [0.2, 0.25) is 0 Å². The van der Waals surface area contributed by atoms with E-state index < -0.39 is 5.54 Å². The van der Waals surface area contributed by atoms with Crippen molar-refractivity contribution in [2.24, 2.45) is 0 Å². The second-order valence-corrected chi connectivity index (χ2v) is 6.64. The smallest absolute Gasteiger partial charge is 0.262 e. The first kappa shape index (κ1) is 16.2. The molecule has 26 heavy (non-hydrogen) atoms. The molecule has 2 aromatic carbocycles. The summed E-state index contributed by atoms with van der Waals surface area (Å²) in [6.45, 7) is -0.0724. The zero-order chi connectivity index (χ0) is 18.1. The van der Waals surface area contributed by atoms with E-state index in [-0.39, 0.29) is 18.4 Å². The number of hydrogen-bond donors (Lipinski definition) is 2. The van der Waals surface area contributed by atoms with Gasteiger partial charge in [-0.15, -0.1) is 0 Å². The predicted octanol–water partition coefficient (Wildman–Crippen LogP) is 2.20. The molecule has 0 aromatic heterocycles. The molecule has 0 bridgehead atoms. The number of amides is 2. The summed E-state index contributed by atoms with van der Waals surface area (Å²) in [7, 11) is 0. The molecule has 130 valence electrons. The second-order valence-electron chi connectivity index (χ2n) is 6.64. The molecule has 1 heterocycles. The fourth-order valence-corrected chi connectivity index (χ4v) is 3.47. The molecular weight excluding hydrogens is 330 g/mol. The summed E-state index contributed by atoms with van der Waals surface area (Å²) in [5.74, 6) is -0.0921. The Morgan fingerprint density at radius 3 is 2.85 bits per heavy atom. The van der Waals surface area contributed by atoms with E-state index in [4.69, 9.17) is 4.74 Å². The lowest BCUT2D eigenvalue weighted by atomic mass is 9.78. The van der Waals surface area contributed by atoms with E-state index in [1.807, 2.05) is 18.2 Å². The van der Waals surface area contributed by atoms with Crippen molar-refractivity contribution in [3.05, 3.63) is 59.2 Å². The molecule has 2 aliphatic rings. The standard InChI is InChI=1S/C20H17N3O3/c21-12-20(8-7-13-3-1-2-4-15(13)10-20)23-19(25)14-5-6-16-17(9-14)26-11-18(24)22-16/h1-6,9H,7-8,10-11H2,(H,22,24)(H,23,25)/t20-/m1/s1. The van der Waals surface area contributed by atoms with Gasteiger partial charge >= 0.3 is 0 Å². The summed E-state index contributed by atoms with van der Waals surface area (Å²) in [5.41, 5.74) is 2.34. The molecule has 0 fully saturated rings. The molecule has 2 amide bonds. The summed E-state index contributed by atoms with van der Waals surface area (Å²) < 4.78 is 5.36. The van der Waals surface area contributed by atoms with Crippen LogP contribution in [0.4, 0.5) is 5.69 Å². The molecule has 6 nitrogen and oxygen atoms in total. The van der Waals surface area contributed by atoms with Crippen LogP contribution in [0, 0.1) is 11.3 Å². The molecule has 1 atom stereocenters. The lowest BCUT2D eigenvalue weighted by Gasteiger charge is -2.33. The molecule has 0 saturated carbocycles. The van der Waals surface area contributed by atoms with E-state index in [0.29, 0.717) is 29.8 Å². The Morgan fingerprint density at radius 1 is 1.23 bits per heavy atom. The molecule has 0 radical (unpaired) electrons. The Morgan fingerprint density at radius 2 is 2.04 bits per heavy atom. The SMILES string of the molecule is N#C[C@@]1(NC(=O)c2ccc3c(c2)OCC(=O)N3)CCc2ccccc2C1. The molecular formula is C20H17N3O3. The maximum atomic E-state index is 12.7. The molecule has 4 rings (SSSR count). The van der Waals surface area contributed by atoms with Crippen molar-refractivity contribution >= 4 is 17.5 Å². The minimum absolute atomic E-state index is 0.0724. The van der Waals surface area contributed by atoms with Crippen molar-refractivity contribution in [3.8, 4) is 11.8 Å². The largest absolute Gasteiger partial charge is 0.482 e. The van der Waals surface area contributed by atoms with Gasteiger partial charge in [0.1, 0.15) is 11.3 Å². The molecule has 2 N–H and O–H groups in total. The van der Waals surface area contributed by atoms with Gasteiger partial charge in [0.15, 0.2) is 6.61 Å². The molecule has 6 heteroatoms. The van der Waals surface area contributed by atoms with Crippen LogP contribution in [0.25, 0.3) is 0 Å². The zero-order valence-electron chi connectivity index (χ0n) is 14.0. The van der Waals surface area contributed by atoms with Crippen LogP contribution in [-0.2, 0) is 17.6 Å². The number of fused-ring (bicyclic) bond motifs is 2. The number of carbonyl (C=O) groups excluding carboxylic acids is 2. The van der Waals surface area contributed by atoms with Crippen LogP contribution in [-0.4, -0.2) is 24.0 Å². The van der Waals surface area contributed by atoms with Gasteiger partial charge in [-0.05, 0) is 42.2 Å². The number of nitrogens with zero attached hydrogens (tertiary/aromatic N) is 1. The van der Waals surface area contributed by atoms with E-state index >= 15 is 0 Å². The Kier molecular flexibility index (Phi) is 3.85. The number of carbonyl (C=O) groups is 2. The van der Waals surface area contributed by atoms with E-state index in [1.165, 1.54) is 5.56 Å². The van der Waals surface area contributed by atoms with Crippen LogP contribution < -0.4 is 15.4 Å². The summed E-state index contributed by atoms with van der Waals surface area (Å²) in [6, 6.07) is 15.1. The number of benzene rings is 2. The van der Waals surface area contributed by atoms with Crippen molar-refractivity contribution in [2.45, 2.75) is 24.8 Å². The van der Waals surface area contributed by atoms with Crippen molar-refractivity contribution in [2.75, 3.05) is 11.9 Å². The Labute approximate surface area is 150 Å². The first-order chi connectivity index (χ1) is 12.6. The van der Waals surface area contributed by atoms with Gasteiger partial charge in [-0.25, -0.2) is 0 Å². The van der Waals surface area contributed by atoms with Crippen LogP contribution in [0.5, 0.6) is 5.75 Å². The minimum Gasteiger partial charge on any atom is -0.482 e. The summed E-state index contributed by atoms with van der Waals surface area (Å²) in [5, 5.41) is 15.3. The third-order valence-corrected chi connectivity index (χ3v) is 4.88. The number of hydrogen-bond acceptors (Lipinski definition) is 4. The topological polar surface area (TPSA) is 91.2 Å². The van der Waals surface area contributed by atoms with Gasteiger partial charge in [-0.1, -0.05) is 24.3 Å². The summed E-state index contributed by atoms with van der Waals surface area (Å²) in [6.07, 6.45) is 1.82. The number of nitriles is 1. The number of ether oxygens (including phenoxy) is 1. The molecule has 1 aliphatic heterocycles. The number of aryl methyl sites for hydroxylation is 1. The van der Waals surface area contributed by atoms with E-state index in [9.17, 15) is 14.9 Å². The highest BCUT2D eigenvalue weighted by molar-refractivity contribution is 5.99. The van der Waals surface area contributed by atoms with Gasteiger partial charge in [0, 0.05) is 12.0 Å². The molecule has 2 aromatic rings. The van der Waals surface area contributed by atoms with Crippen molar-refractivity contribution in [1.82, 2.24) is 5.32 Å². The number of anilines is 1. The highest BCUT2D eigenvalue weighted by atomic mass is 16.5. The first-order valence-corrected chi connectivity index (χ1v) is 8.46. The lowest BCUT2D eigenvalue weighted by Crippen LogP contribution is -2.51. The Bertz CT molecular complexity index is 948. The van der Waals surface area contributed by atoms with E-state index in [2.05, 4.69) is 22.8 Å². The zero-order valence-corrected chi connectivity index (χ0v) is 14.0. The van der Waals surface area contributed by atoms with E-state index in [0.717, 1.165) is 12.0 Å². The lowest BCUT2D eigenvalue weighted by molar-refractivity contribution is -0.118. The van der Waals surface area contributed by atoms with Gasteiger partial charge in [-0.2, -0.15) is 5.26 Å².